The van der Waals surface area contributed by atoms with Gasteiger partial charge in [0.25, 0.3) is 0 Å². The molecule has 3 nitrogen and oxygen atoms in total. The van der Waals surface area contributed by atoms with Crippen LogP contribution in [-0.4, -0.2) is 27.5 Å². The van der Waals surface area contributed by atoms with Gasteiger partial charge in [-0.3, -0.25) is 0 Å². The van der Waals surface area contributed by atoms with E-state index in [0.717, 1.165) is 17.9 Å². The van der Waals surface area contributed by atoms with E-state index in [9.17, 15) is 0 Å². The van der Waals surface area contributed by atoms with Crippen LogP contribution in [0.25, 0.3) is 0 Å². The predicted molar refractivity (Wildman–Crippen MR) is 83.3 cm³/mol. The first-order valence-corrected chi connectivity index (χ1v) is 7.83. The van der Waals surface area contributed by atoms with E-state index in [2.05, 4.69) is 16.6 Å². The molecule has 1 aliphatic carbocycles. The van der Waals surface area contributed by atoms with Crippen molar-refractivity contribution >= 4 is 34.8 Å². The highest BCUT2D eigenvalue weighted by Gasteiger charge is 2.32. The standard InChI is InChI=1S/C13H19N3S2/c1-18-13(6-2-3-7-13)9-16-11-5-4-10(8-15-11)12(14)17/h4-5,8H,2-3,6-7,9H2,1H3,(H2,14,17)(H,15,16). The molecule has 98 valence electrons. The maximum Gasteiger partial charge on any atom is 0.125 e. The molecule has 3 N–H and O–H groups in total. The first kappa shape index (κ1) is 13.6. The summed E-state index contributed by atoms with van der Waals surface area (Å²) in [6.45, 7) is 0.980. The molecule has 1 heterocycles. The number of nitrogens with zero attached hydrogens (tertiary/aromatic N) is 1. The summed E-state index contributed by atoms with van der Waals surface area (Å²) in [6, 6.07) is 3.86. The second-order valence-corrected chi connectivity index (χ2v) is 6.46. The first-order chi connectivity index (χ1) is 8.65. The van der Waals surface area contributed by atoms with Gasteiger partial charge < -0.3 is 11.1 Å². The van der Waals surface area contributed by atoms with Crippen LogP contribution in [-0.2, 0) is 0 Å². The average molecular weight is 281 g/mol. The van der Waals surface area contributed by atoms with Crippen LogP contribution in [0.3, 0.4) is 0 Å². The number of pyridine rings is 1. The highest BCUT2D eigenvalue weighted by Crippen LogP contribution is 2.40. The van der Waals surface area contributed by atoms with Crippen molar-refractivity contribution in [3.63, 3.8) is 0 Å². The fourth-order valence-electron chi connectivity index (χ4n) is 2.37. The van der Waals surface area contributed by atoms with Gasteiger partial charge in [0.15, 0.2) is 0 Å². The molecule has 5 heteroatoms. The van der Waals surface area contributed by atoms with Crippen LogP contribution in [0.2, 0.25) is 0 Å². The molecular weight excluding hydrogens is 262 g/mol. The summed E-state index contributed by atoms with van der Waals surface area (Å²) in [6.07, 6.45) is 9.21. The third kappa shape index (κ3) is 3.14. The van der Waals surface area contributed by atoms with Crippen molar-refractivity contribution in [3.05, 3.63) is 23.9 Å². The second kappa shape index (κ2) is 5.89. The molecule has 0 aromatic carbocycles. The summed E-state index contributed by atoms with van der Waals surface area (Å²) >= 11 is 6.88. The number of nitrogens with two attached hydrogens (primary N) is 1. The maximum atomic E-state index is 5.55. The third-order valence-electron chi connectivity index (χ3n) is 3.59. The molecule has 1 fully saturated rings. The van der Waals surface area contributed by atoms with Gasteiger partial charge in [-0.15, -0.1) is 0 Å². The lowest BCUT2D eigenvalue weighted by Crippen LogP contribution is -2.30. The zero-order valence-electron chi connectivity index (χ0n) is 10.6. The number of hydrogen-bond acceptors (Lipinski definition) is 4. The Morgan fingerprint density at radius 3 is 2.72 bits per heavy atom. The van der Waals surface area contributed by atoms with Crippen molar-refractivity contribution in [1.82, 2.24) is 4.98 Å². The third-order valence-corrected chi connectivity index (χ3v) is 5.24. The molecule has 0 unspecified atom stereocenters. The molecule has 2 rings (SSSR count). The van der Waals surface area contributed by atoms with Crippen LogP contribution < -0.4 is 11.1 Å². The van der Waals surface area contributed by atoms with Crippen LogP contribution in [0.15, 0.2) is 18.3 Å². The summed E-state index contributed by atoms with van der Waals surface area (Å²) < 4.78 is 0.392. The molecule has 0 radical (unpaired) electrons. The van der Waals surface area contributed by atoms with E-state index in [-0.39, 0.29) is 0 Å². The smallest absolute Gasteiger partial charge is 0.125 e. The van der Waals surface area contributed by atoms with Gasteiger partial charge in [0.05, 0.1) is 0 Å². The highest BCUT2D eigenvalue weighted by molar-refractivity contribution is 8.00. The topological polar surface area (TPSA) is 50.9 Å². The summed E-state index contributed by atoms with van der Waals surface area (Å²) in [5.74, 6) is 0.898. The Hall–Kier alpha value is -0.810. The zero-order valence-corrected chi connectivity index (χ0v) is 12.2. The number of nitrogens with one attached hydrogen (secondary N) is 1. The lowest BCUT2D eigenvalue weighted by Gasteiger charge is -2.27. The Morgan fingerprint density at radius 2 is 2.22 bits per heavy atom. The largest absolute Gasteiger partial charge is 0.389 e. The Balaban J connectivity index is 1.95. The van der Waals surface area contributed by atoms with Crippen LogP contribution >= 0.6 is 24.0 Å². The van der Waals surface area contributed by atoms with E-state index in [1.165, 1.54) is 25.7 Å². The number of hydrogen-bond donors (Lipinski definition) is 2. The quantitative estimate of drug-likeness (QED) is 0.813. The summed E-state index contributed by atoms with van der Waals surface area (Å²) in [5, 5.41) is 3.43. The maximum absolute atomic E-state index is 5.55. The van der Waals surface area contributed by atoms with Gasteiger partial charge in [-0.1, -0.05) is 25.1 Å². The van der Waals surface area contributed by atoms with Crippen molar-refractivity contribution in [2.45, 2.75) is 30.4 Å². The number of thiocarbonyl (C=S) groups is 1. The van der Waals surface area contributed by atoms with Gasteiger partial charge in [0.2, 0.25) is 0 Å². The second-order valence-electron chi connectivity index (χ2n) is 4.74. The zero-order chi connectivity index (χ0) is 13.0. The molecule has 18 heavy (non-hydrogen) atoms. The van der Waals surface area contributed by atoms with Crippen molar-refractivity contribution in [2.75, 3.05) is 18.1 Å². The van der Waals surface area contributed by atoms with Gasteiger partial charge in [0.1, 0.15) is 10.8 Å². The summed E-state index contributed by atoms with van der Waals surface area (Å²) in [7, 11) is 0. The molecule has 0 spiro atoms. The lowest BCUT2D eigenvalue weighted by atomic mass is 10.1. The van der Waals surface area contributed by atoms with E-state index in [4.69, 9.17) is 18.0 Å². The fourth-order valence-corrected chi connectivity index (χ4v) is 3.40. The van der Waals surface area contributed by atoms with Crippen molar-refractivity contribution in [2.24, 2.45) is 5.73 Å². The van der Waals surface area contributed by atoms with Crippen LogP contribution in [0.1, 0.15) is 31.2 Å². The molecule has 0 atom stereocenters. The van der Waals surface area contributed by atoms with E-state index in [1.54, 1.807) is 6.20 Å². The van der Waals surface area contributed by atoms with Crippen LogP contribution in [0.4, 0.5) is 5.82 Å². The number of aromatic nitrogens is 1. The molecule has 0 saturated heterocycles. The van der Waals surface area contributed by atoms with E-state index in [1.807, 2.05) is 23.9 Å². The Bertz CT molecular complexity index is 411. The number of anilines is 1. The predicted octanol–water partition coefficient (Wildman–Crippen LogP) is 2.80. The SMILES string of the molecule is CSC1(CNc2ccc(C(N)=S)cn2)CCCC1. The number of thioether (sulfide) groups is 1. The van der Waals surface area contributed by atoms with Gasteiger partial charge in [-0.25, -0.2) is 4.98 Å². The van der Waals surface area contributed by atoms with Crippen molar-refractivity contribution in [1.29, 1.82) is 0 Å². The lowest BCUT2D eigenvalue weighted by molar-refractivity contribution is 0.638. The molecule has 0 amide bonds. The number of rotatable bonds is 5. The van der Waals surface area contributed by atoms with E-state index >= 15 is 0 Å². The van der Waals surface area contributed by atoms with Crippen LogP contribution in [0, 0.1) is 0 Å². The monoisotopic (exact) mass is 281 g/mol. The molecular formula is C13H19N3S2. The normalized spacial score (nSPS) is 17.6. The Labute approximate surface area is 118 Å². The van der Waals surface area contributed by atoms with E-state index in [0.29, 0.717) is 9.74 Å². The van der Waals surface area contributed by atoms with Crippen molar-refractivity contribution < 1.29 is 0 Å². The van der Waals surface area contributed by atoms with Gasteiger partial charge >= 0.3 is 0 Å². The minimum absolute atomic E-state index is 0.392. The van der Waals surface area contributed by atoms with Crippen LogP contribution in [0.5, 0.6) is 0 Å². The molecule has 1 saturated carbocycles. The minimum Gasteiger partial charge on any atom is -0.389 e. The van der Waals surface area contributed by atoms with Gasteiger partial charge in [0, 0.05) is 23.1 Å². The Kier molecular flexibility index (Phi) is 4.45. The molecule has 1 aromatic rings. The summed E-state index contributed by atoms with van der Waals surface area (Å²) in [5.41, 5.74) is 6.36. The molecule has 1 aromatic heterocycles. The molecule has 1 aliphatic rings. The molecule has 0 bridgehead atoms. The van der Waals surface area contributed by atoms with Gasteiger partial charge in [-0.2, -0.15) is 11.8 Å². The van der Waals surface area contributed by atoms with Gasteiger partial charge in [-0.05, 0) is 31.2 Å². The summed E-state index contributed by atoms with van der Waals surface area (Å²) in [4.78, 5) is 4.73. The molecule has 0 aliphatic heterocycles. The Morgan fingerprint density at radius 1 is 1.50 bits per heavy atom. The highest BCUT2D eigenvalue weighted by atomic mass is 32.2. The van der Waals surface area contributed by atoms with Crippen molar-refractivity contribution in [3.8, 4) is 0 Å². The first-order valence-electron chi connectivity index (χ1n) is 6.20. The van der Waals surface area contributed by atoms with E-state index < -0.39 is 0 Å². The minimum atomic E-state index is 0.392. The fraction of sp³-hybridized carbons (Fsp3) is 0.538. The average Bonchev–Trinajstić information content (AvgIpc) is 2.86.